The molecule has 0 bridgehead atoms. The summed E-state index contributed by atoms with van der Waals surface area (Å²) in [6.07, 6.45) is 0. The Balaban J connectivity index is 3.19. The maximum Gasteiger partial charge on any atom is 0.263 e. The van der Waals surface area contributed by atoms with Crippen molar-refractivity contribution in [3.8, 4) is 0 Å². The number of H-pyrrole nitrogens is 1. The van der Waals surface area contributed by atoms with Crippen LogP contribution in [0.25, 0.3) is 0 Å². The zero-order valence-electron chi connectivity index (χ0n) is 11.8. The van der Waals surface area contributed by atoms with Crippen molar-refractivity contribution in [2.75, 3.05) is 20.3 Å². The van der Waals surface area contributed by atoms with E-state index in [4.69, 9.17) is 10.5 Å². The molecule has 1 aromatic heterocycles. The van der Waals surface area contributed by atoms with Crippen molar-refractivity contribution >= 4 is 10.0 Å². The zero-order valence-corrected chi connectivity index (χ0v) is 12.6. The molecule has 0 aliphatic rings. The van der Waals surface area contributed by atoms with Gasteiger partial charge in [-0.1, -0.05) is 0 Å². The van der Waals surface area contributed by atoms with Crippen molar-refractivity contribution in [3.63, 3.8) is 0 Å². The Morgan fingerprint density at radius 3 is 2.58 bits per heavy atom. The molecule has 3 N–H and O–H groups in total. The number of hydrogen-bond donors (Lipinski definition) is 2. The quantitative estimate of drug-likeness (QED) is 0.748. The molecule has 1 rings (SSSR count). The minimum Gasteiger partial charge on any atom is -0.383 e. The van der Waals surface area contributed by atoms with Gasteiger partial charge in [-0.3, -0.25) is 5.10 Å². The summed E-state index contributed by atoms with van der Waals surface area (Å²) in [4.78, 5) is 0. The fraction of sp³-hybridized carbons (Fsp3) is 0.727. The van der Waals surface area contributed by atoms with Gasteiger partial charge in [0.05, 0.1) is 6.61 Å². The minimum atomic E-state index is -3.66. The molecule has 0 fully saturated rings. The van der Waals surface area contributed by atoms with Gasteiger partial charge in [-0.05, 0) is 20.8 Å². The van der Waals surface area contributed by atoms with Crippen molar-refractivity contribution in [1.29, 1.82) is 0 Å². The van der Waals surface area contributed by atoms with Gasteiger partial charge in [-0.25, -0.2) is 8.42 Å². The molecule has 0 spiro atoms. The molecular weight excluding hydrogens is 268 g/mol. The van der Waals surface area contributed by atoms with Gasteiger partial charge in [0.1, 0.15) is 0 Å². The molecule has 0 aromatic carbocycles. The van der Waals surface area contributed by atoms with Gasteiger partial charge >= 0.3 is 0 Å². The lowest BCUT2D eigenvalue weighted by Gasteiger charge is -2.24. The molecule has 0 amide bonds. The smallest absolute Gasteiger partial charge is 0.263 e. The molecule has 0 saturated carbocycles. The predicted octanol–water partition coefficient (Wildman–Crippen LogP) is 0.222. The highest BCUT2D eigenvalue weighted by molar-refractivity contribution is 7.89. The van der Waals surface area contributed by atoms with Crippen molar-refractivity contribution < 1.29 is 13.2 Å². The van der Waals surface area contributed by atoms with Gasteiger partial charge < -0.3 is 10.5 Å². The average molecular weight is 290 g/mol. The number of hydrogen-bond acceptors (Lipinski definition) is 5. The highest BCUT2D eigenvalue weighted by Crippen LogP contribution is 2.21. The summed E-state index contributed by atoms with van der Waals surface area (Å²) in [5.74, 6) is 0. The normalized spacial score (nSPS) is 12.6. The molecule has 0 unspecified atom stereocenters. The number of rotatable bonds is 7. The van der Waals surface area contributed by atoms with Crippen LogP contribution in [0.5, 0.6) is 0 Å². The molecule has 110 valence electrons. The standard InChI is InChI=1S/C11H22N4O3S/c1-8(2)15(5-6-18-4)19(16,17)11-10(7-12)9(3)13-14-11/h8H,5-7,12H2,1-4H3,(H,13,14). The number of methoxy groups -OCH3 is 1. The van der Waals surface area contributed by atoms with Crippen LogP contribution < -0.4 is 5.73 Å². The second-order valence-electron chi connectivity index (χ2n) is 4.54. The Hall–Kier alpha value is -0.960. The van der Waals surface area contributed by atoms with E-state index in [0.717, 1.165) is 0 Å². The van der Waals surface area contributed by atoms with E-state index in [9.17, 15) is 8.42 Å². The summed E-state index contributed by atoms with van der Waals surface area (Å²) in [6.45, 7) is 6.13. The Bertz CT molecular complexity index is 510. The average Bonchev–Trinajstić information content (AvgIpc) is 2.70. The Kier molecular flexibility index (Phi) is 5.48. The van der Waals surface area contributed by atoms with Crippen LogP contribution in [0.3, 0.4) is 0 Å². The Labute approximate surface area is 114 Å². The third-order valence-electron chi connectivity index (χ3n) is 2.88. The number of aromatic nitrogens is 2. The van der Waals surface area contributed by atoms with E-state index < -0.39 is 10.0 Å². The lowest BCUT2D eigenvalue weighted by Crippen LogP contribution is -2.39. The first-order valence-electron chi connectivity index (χ1n) is 6.11. The summed E-state index contributed by atoms with van der Waals surface area (Å²) in [6, 6.07) is -0.178. The third-order valence-corrected chi connectivity index (χ3v) is 4.93. The monoisotopic (exact) mass is 290 g/mol. The molecule has 8 heteroatoms. The maximum atomic E-state index is 12.6. The van der Waals surface area contributed by atoms with E-state index >= 15 is 0 Å². The molecule has 0 radical (unpaired) electrons. The van der Waals surface area contributed by atoms with Crippen LogP contribution >= 0.6 is 0 Å². The van der Waals surface area contributed by atoms with Gasteiger partial charge in [0.25, 0.3) is 10.0 Å². The zero-order chi connectivity index (χ0) is 14.6. The topological polar surface area (TPSA) is 101 Å². The molecule has 1 heterocycles. The summed E-state index contributed by atoms with van der Waals surface area (Å²) < 4.78 is 31.5. The first-order valence-corrected chi connectivity index (χ1v) is 7.55. The van der Waals surface area contributed by atoms with Crippen LogP contribution in [-0.4, -0.2) is 49.2 Å². The lowest BCUT2D eigenvalue weighted by molar-refractivity contribution is 0.170. The number of aromatic amines is 1. The van der Waals surface area contributed by atoms with Gasteiger partial charge in [0, 0.05) is 37.5 Å². The van der Waals surface area contributed by atoms with Crippen LogP contribution in [0.1, 0.15) is 25.1 Å². The number of nitrogens with two attached hydrogens (primary N) is 1. The summed E-state index contributed by atoms with van der Waals surface area (Å²) in [5.41, 5.74) is 6.81. The fourth-order valence-corrected chi connectivity index (χ4v) is 3.63. The van der Waals surface area contributed by atoms with Gasteiger partial charge in [0.2, 0.25) is 0 Å². The third kappa shape index (κ3) is 3.33. The Morgan fingerprint density at radius 2 is 2.11 bits per heavy atom. The van der Waals surface area contributed by atoms with Crippen LogP contribution in [0, 0.1) is 6.92 Å². The van der Waals surface area contributed by atoms with Gasteiger partial charge in [-0.15, -0.1) is 0 Å². The minimum absolute atomic E-state index is 0.0114. The summed E-state index contributed by atoms with van der Waals surface area (Å²) in [7, 11) is -2.13. The number of ether oxygens (including phenoxy) is 1. The molecular formula is C11H22N4O3S. The number of nitrogens with zero attached hydrogens (tertiary/aromatic N) is 2. The molecule has 0 atom stereocenters. The maximum absolute atomic E-state index is 12.6. The SMILES string of the molecule is COCCN(C(C)C)S(=O)(=O)c1n[nH]c(C)c1CN. The van der Waals surface area contributed by atoms with E-state index in [-0.39, 0.29) is 24.2 Å². The van der Waals surface area contributed by atoms with Crippen LogP contribution in [-0.2, 0) is 21.3 Å². The molecule has 1 aromatic rings. The second kappa shape index (κ2) is 6.47. The molecule has 7 nitrogen and oxygen atoms in total. The van der Waals surface area contributed by atoms with E-state index in [1.165, 1.54) is 11.4 Å². The van der Waals surface area contributed by atoms with E-state index in [1.807, 2.05) is 13.8 Å². The van der Waals surface area contributed by atoms with Crippen molar-refractivity contribution in [2.24, 2.45) is 5.73 Å². The first kappa shape index (κ1) is 16.1. The number of sulfonamides is 1. The predicted molar refractivity (Wildman–Crippen MR) is 72.1 cm³/mol. The first-order chi connectivity index (χ1) is 8.86. The molecule has 0 aliphatic heterocycles. The molecule has 0 aliphatic carbocycles. The van der Waals surface area contributed by atoms with Crippen molar-refractivity contribution in [3.05, 3.63) is 11.3 Å². The van der Waals surface area contributed by atoms with Gasteiger partial charge in [0.15, 0.2) is 5.03 Å². The molecule has 0 saturated heterocycles. The largest absolute Gasteiger partial charge is 0.383 e. The van der Waals surface area contributed by atoms with Crippen LogP contribution in [0.15, 0.2) is 5.03 Å². The number of nitrogens with one attached hydrogen (secondary N) is 1. The van der Waals surface area contributed by atoms with Crippen molar-refractivity contribution in [2.45, 2.75) is 38.4 Å². The van der Waals surface area contributed by atoms with E-state index in [1.54, 1.807) is 6.92 Å². The Morgan fingerprint density at radius 1 is 1.47 bits per heavy atom. The van der Waals surface area contributed by atoms with E-state index in [2.05, 4.69) is 10.2 Å². The van der Waals surface area contributed by atoms with E-state index in [0.29, 0.717) is 17.9 Å². The summed E-state index contributed by atoms with van der Waals surface area (Å²) >= 11 is 0. The molecule has 19 heavy (non-hydrogen) atoms. The lowest BCUT2D eigenvalue weighted by atomic mass is 10.3. The number of aryl methyl sites for hydroxylation is 1. The van der Waals surface area contributed by atoms with Crippen LogP contribution in [0.4, 0.5) is 0 Å². The highest BCUT2D eigenvalue weighted by Gasteiger charge is 2.31. The fourth-order valence-electron chi connectivity index (χ4n) is 1.83. The highest BCUT2D eigenvalue weighted by atomic mass is 32.2. The van der Waals surface area contributed by atoms with Crippen molar-refractivity contribution in [1.82, 2.24) is 14.5 Å². The summed E-state index contributed by atoms with van der Waals surface area (Å²) in [5, 5.41) is 6.58. The second-order valence-corrected chi connectivity index (χ2v) is 6.34. The van der Waals surface area contributed by atoms with Crippen LogP contribution in [0.2, 0.25) is 0 Å². The van der Waals surface area contributed by atoms with Gasteiger partial charge in [-0.2, -0.15) is 9.40 Å².